The number of nitrogens with zero attached hydrogens (tertiary/aromatic N) is 3. The molecule has 0 atom stereocenters. The van der Waals surface area contributed by atoms with E-state index in [4.69, 9.17) is 0 Å². The molecule has 0 fully saturated rings. The van der Waals surface area contributed by atoms with Crippen molar-refractivity contribution in [1.82, 2.24) is 14.1 Å². The lowest BCUT2D eigenvalue weighted by atomic mass is 10.1. The third-order valence-electron chi connectivity index (χ3n) is 3.49. The van der Waals surface area contributed by atoms with Crippen LogP contribution in [0.2, 0.25) is 0 Å². The molecule has 18 heavy (non-hydrogen) atoms. The largest absolute Gasteiger partial charge is 0.340 e. The van der Waals surface area contributed by atoms with Crippen molar-refractivity contribution in [3.63, 3.8) is 0 Å². The minimum Gasteiger partial charge on any atom is -0.340 e. The van der Waals surface area contributed by atoms with Crippen LogP contribution in [0.15, 0.2) is 42.9 Å². The molecular weight excluding hydrogens is 222 g/mol. The fraction of sp³-hybridized carbons (Fsp3) is 0.267. The van der Waals surface area contributed by atoms with Gasteiger partial charge in [-0.1, -0.05) is 25.1 Å². The number of hydrogen-bond acceptors (Lipinski definition) is 1. The van der Waals surface area contributed by atoms with Crippen LogP contribution in [-0.2, 0) is 20.0 Å². The summed E-state index contributed by atoms with van der Waals surface area (Å²) in [6.07, 6.45) is 7.05. The van der Waals surface area contributed by atoms with Gasteiger partial charge in [-0.15, -0.1) is 0 Å². The summed E-state index contributed by atoms with van der Waals surface area (Å²) in [6.45, 7) is 3.02. The summed E-state index contributed by atoms with van der Waals surface area (Å²) in [6, 6.07) is 8.68. The lowest BCUT2D eigenvalue weighted by Crippen LogP contribution is -2.05. The van der Waals surface area contributed by atoms with E-state index in [0.29, 0.717) is 0 Å². The second-order valence-corrected chi connectivity index (χ2v) is 4.61. The van der Waals surface area contributed by atoms with Gasteiger partial charge in [-0.25, -0.2) is 4.98 Å². The summed E-state index contributed by atoms with van der Waals surface area (Å²) in [5.41, 5.74) is 2.73. The van der Waals surface area contributed by atoms with Crippen LogP contribution in [-0.4, -0.2) is 14.1 Å². The van der Waals surface area contributed by atoms with Gasteiger partial charge in [0.15, 0.2) is 0 Å². The molecule has 92 valence electrons. The van der Waals surface area contributed by atoms with Gasteiger partial charge in [0.1, 0.15) is 5.82 Å². The molecule has 3 heteroatoms. The van der Waals surface area contributed by atoms with Crippen molar-refractivity contribution in [1.29, 1.82) is 0 Å². The molecule has 1 aromatic carbocycles. The van der Waals surface area contributed by atoms with Crippen LogP contribution in [0.25, 0.3) is 10.9 Å². The number of rotatable bonds is 3. The molecular formula is C15H17N3. The minimum absolute atomic E-state index is 0.823. The fourth-order valence-electron chi connectivity index (χ4n) is 2.46. The lowest BCUT2D eigenvalue weighted by molar-refractivity contribution is 0.716. The van der Waals surface area contributed by atoms with Crippen molar-refractivity contribution in [3.05, 3.63) is 54.2 Å². The number of hydrogen-bond donors (Lipinski definition) is 0. The number of imidazole rings is 1. The molecule has 0 unspecified atom stereocenters. The Morgan fingerprint density at radius 1 is 1.17 bits per heavy atom. The molecule has 0 aliphatic heterocycles. The third-order valence-corrected chi connectivity index (χ3v) is 3.49. The normalized spacial score (nSPS) is 11.2. The third kappa shape index (κ3) is 1.72. The maximum atomic E-state index is 4.40. The van der Waals surface area contributed by atoms with Crippen LogP contribution in [0.4, 0.5) is 0 Å². The van der Waals surface area contributed by atoms with Crippen molar-refractivity contribution in [2.24, 2.45) is 7.05 Å². The van der Waals surface area contributed by atoms with Crippen molar-refractivity contribution < 1.29 is 0 Å². The Hall–Kier alpha value is -2.03. The van der Waals surface area contributed by atoms with E-state index in [9.17, 15) is 0 Å². The average molecular weight is 239 g/mol. The first-order valence-electron chi connectivity index (χ1n) is 6.32. The molecule has 0 spiro atoms. The van der Waals surface area contributed by atoms with E-state index in [-0.39, 0.29) is 0 Å². The second-order valence-electron chi connectivity index (χ2n) is 4.61. The van der Waals surface area contributed by atoms with Gasteiger partial charge in [-0.2, -0.15) is 0 Å². The molecule has 0 N–H and O–H groups in total. The van der Waals surface area contributed by atoms with Crippen LogP contribution in [0.1, 0.15) is 18.3 Å². The molecule has 0 saturated carbocycles. The number of fused-ring (bicyclic) bond motifs is 1. The maximum absolute atomic E-state index is 4.40. The van der Waals surface area contributed by atoms with E-state index in [0.717, 1.165) is 18.8 Å². The van der Waals surface area contributed by atoms with E-state index in [1.54, 1.807) is 0 Å². The van der Waals surface area contributed by atoms with Crippen molar-refractivity contribution in [3.8, 4) is 0 Å². The zero-order valence-corrected chi connectivity index (χ0v) is 10.8. The fourth-order valence-corrected chi connectivity index (χ4v) is 2.46. The van der Waals surface area contributed by atoms with Gasteiger partial charge < -0.3 is 9.13 Å². The Morgan fingerprint density at radius 3 is 2.78 bits per heavy atom. The Balaban J connectivity index is 2.10. The summed E-state index contributed by atoms with van der Waals surface area (Å²) >= 11 is 0. The number of aromatic nitrogens is 3. The van der Waals surface area contributed by atoms with Gasteiger partial charge in [0.05, 0.1) is 12.1 Å². The highest BCUT2D eigenvalue weighted by molar-refractivity contribution is 5.83. The van der Waals surface area contributed by atoms with E-state index < -0.39 is 0 Å². The quantitative estimate of drug-likeness (QED) is 0.689. The van der Waals surface area contributed by atoms with E-state index >= 15 is 0 Å². The lowest BCUT2D eigenvalue weighted by Gasteiger charge is -2.08. The highest BCUT2D eigenvalue weighted by Crippen LogP contribution is 2.21. The molecule has 0 radical (unpaired) electrons. The molecule has 0 aliphatic rings. The number of para-hydroxylation sites is 1. The molecule has 0 saturated heterocycles. The van der Waals surface area contributed by atoms with Crippen LogP contribution >= 0.6 is 0 Å². The zero-order valence-electron chi connectivity index (χ0n) is 10.8. The van der Waals surface area contributed by atoms with Gasteiger partial charge in [-0.05, 0) is 23.4 Å². The first-order chi connectivity index (χ1) is 8.79. The molecule has 2 heterocycles. The molecule has 0 amide bonds. The van der Waals surface area contributed by atoms with Gasteiger partial charge in [0.2, 0.25) is 0 Å². The first-order valence-corrected chi connectivity index (χ1v) is 6.32. The van der Waals surface area contributed by atoms with Gasteiger partial charge >= 0.3 is 0 Å². The number of benzene rings is 1. The van der Waals surface area contributed by atoms with Crippen molar-refractivity contribution in [2.45, 2.75) is 19.9 Å². The summed E-state index contributed by atoms with van der Waals surface area (Å²) in [5, 5.41) is 1.31. The predicted octanol–water partition coefficient (Wildman–Crippen LogP) is 2.99. The first kappa shape index (κ1) is 11.1. The molecule has 0 bridgehead atoms. The minimum atomic E-state index is 0.823. The average Bonchev–Trinajstić information content (AvgIpc) is 2.97. The molecule has 0 aliphatic carbocycles. The number of aryl methyl sites for hydroxylation is 2. The SMILES string of the molecule is CCc1cccc2ccn(Cc3nccn3C)c12. The summed E-state index contributed by atoms with van der Waals surface area (Å²) in [5.74, 6) is 1.08. The van der Waals surface area contributed by atoms with E-state index in [1.807, 2.05) is 19.4 Å². The predicted molar refractivity (Wildman–Crippen MR) is 73.6 cm³/mol. The highest BCUT2D eigenvalue weighted by Gasteiger charge is 2.07. The van der Waals surface area contributed by atoms with E-state index in [1.165, 1.54) is 16.5 Å². The van der Waals surface area contributed by atoms with Crippen molar-refractivity contribution in [2.75, 3.05) is 0 Å². The summed E-state index contributed by atoms with van der Waals surface area (Å²) < 4.78 is 4.36. The molecule has 3 nitrogen and oxygen atoms in total. The summed E-state index contributed by atoms with van der Waals surface area (Å²) in [4.78, 5) is 4.40. The van der Waals surface area contributed by atoms with Crippen molar-refractivity contribution >= 4 is 10.9 Å². The van der Waals surface area contributed by atoms with E-state index in [2.05, 4.69) is 51.5 Å². The van der Waals surface area contributed by atoms with Crippen LogP contribution in [0, 0.1) is 0 Å². The molecule has 3 rings (SSSR count). The second kappa shape index (κ2) is 4.33. The van der Waals surface area contributed by atoms with Gasteiger partial charge in [0.25, 0.3) is 0 Å². The Kier molecular flexibility index (Phi) is 2.67. The zero-order chi connectivity index (χ0) is 12.5. The van der Waals surface area contributed by atoms with Gasteiger partial charge in [-0.3, -0.25) is 0 Å². The van der Waals surface area contributed by atoms with Gasteiger partial charge in [0, 0.05) is 25.6 Å². The van der Waals surface area contributed by atoms with Crippen LogP contribution in [0.5, 0.6) is 0 Å². The Morgan fingerprint density at radius 2 is 2.06 bits per heavy atom. The maximum Gasteiger partial charge on any atom is 0.128 e. The standard InChI is InChI=1S/C15H17N3/c1-3-12-5-4-6-13-7-9-18(15(12)13)11-14-16-8-10-17(14)2/h4-10H,3,11H2,1-2H3. The topological polar surface area (TPSA) is 22.8 Å². The van der Waals surface area contributed by atoms with Crippen LogP contribution < -0.4 is 0 Å². The van der Waals surface area contributed by atoms with Crippen LogP contribution in [0.3, 0.4) is 0 Å². The smallest absolute Gasteiger partial charge is 0.128 e. The highest BCUT2D eigenvalue weighted by atomic mass is 15.1. The molecule has 3 aromatic rings. The summed E-state index contributed by atoms with van der Waals surface area (Å²) in [7, 11) is 2.04. The molecule has 2 aromatic heterocycles. The Bertz CT molecular complexity index is 676. The monoisotopic (exact) mass is 239 g/mol. The Labute approximate surface area is 107 Å².